The maximum absolute atomic E-state index is 13.8. The molecule has 2 aliphatic heterocycles. The van der Waals surface area contributed by atoms with E-state index in [4.69, 9.17) is 5.11 Å². The van der Waals surface area contributed by atoms with E-state index >= 15 is 0 Å². The lowest BCUT2D eigenvalue weighted by Crippen LogP contribution is -2.58. The molecular formula is C29H37N5O4. The fourth-order valence-electron chi connectivity index (χ4n) is 8.09. The standard InChI is InChI=1S/C29H37N5O4/c35-26(16-30-17-27(36)37)32-28-29(38)34(25-10-2-1-9-24(25)31-28)23-14-20-7-4-8-21(15-23)33(20)22-12-18-5-3-6-19(11-18)13-22/h1-2,9-10,16,18-23H,3-8,11-15,17H2,(H,36,37)(H,31,32,35)/t18?,19?,20-,21?,22?,23?/m1/s1. The number of aliphatic imine (C=N–C) groups is 1. The zero-order valence-electron chi connectivity index (χ0n) is 21.8. The number of anilines is 1. The normalized spacial score (nSPS) is 31.4. The van der Waals surface area contributed by atoms with Gasteiger partial charge in [0.2, 0.25) is 0 Å². The average Bonchev–Trinajstić information content (AvgIpc) is 2.88. The van der Waals surface area contributed by atoms with Crippen LogP contribution in [0.15, 0.2) is 34.1 Å². The molecule has 0 spiro atoms. The van der Waals surface area contributed by atoms with Gasteiger partial charge in [-0.1, -0.05) is 37.8 Å². The summed E-state index contributed by atoms with van der Waals surface area (Å²) in [6.07, 6.45) is 14.7. The highest BCUT2D eigenvalue weighted by molar-refractivity contribution is 6.31. The molecule has 6 rings (SSSR count). The van der Waals surface area contributed by atoms with Crippen LogP contribution in [0.25, 0.3) is 11.0 Å². The predicted octanol–water partition coefficient (Wildman–Crippen LogP) is 4.02. The minimum atomic E-state index is -1.13. The largest absolute Gasteiger partial charge is 0.480 e. The van der Waals surface area contributed by atoms with Crippen molar-refractivity contribution in [3.63, 3.8) is 0 Å². The lowest BCUT2D eigenvalue weighted by molar-refractivity contribution is -0.135. The number of piperidine rings is 2. The van der Waals surface area contributed by atoms with Crippen molar-refractivity contribution in [1.82, 2.24) is 14.5 Å². The van der Waals surface area contributed by atoms with Gasteiger partial charge in [-0.05, 0) is 68.9 Å². The number of para-hydroxylation sites is 2. The molecule has 4 unspecified atom stereocenters. The summed E-state index contributed by atoms with van der Waals surface area (Å²) in [4.78, 5) is 47.8. The molecule has 1 aromatic heterocycles. The van der Waals surface area contributed by atoms with Crippen molar-refractivity contribution in [1.29, 1.82) is 0 Å². The van der Waals surface area contributed by atoms with Crippen LogP contribution in [-0.2, 0) is 9.59 Å². The van der Waals surface area contributed by atoms with Gasteiger partial charge in [-0.2, -0.15) is 0 Å². The Kier molecular flexibility index (Phi) is 7.03. The summed E-state index contributed by atoms with van der Waals surface area (Å²) in [5, 5.41) is 11.3. The monoisotopic (exact) mass is 519 g/mol. The van der Waals surface area contributed by atoms with Gasteiger partial charge in [-0.15, -0.1) is 0 Å². The second-order valence-electron chi connectivity index (χ2n) is 11.8. The number of aromatic nitrogens is 2. The van der Waals surface area contributed by atoms with Crippen molar-refractivity contribution in [3.8, 4) is 0 Å². The minimum absolute atomic E-state index is 0.0387. The molecule has 9 heteroatoms. The Balaban J connectivity index is 1.28. The first kappa shape index (κ1) is 25.2. The molecule has 4 aliphatic rings. The Morgan fingerprint density at radius 1 is 0.947 bits per heavy atom. The number of carbonyl (C=O) groups excluding carboxylic acids is 1. The summed E-state index contributed by atoms with van der Waals surface area (Å²) >= 11 is 0. The molecule has 0 radical (unpaired) electrons. The van der Waals surface area contributed by atoms with Crippen LogP contribution in [-0.4, -0.2) is 62.3 Å². The number of carbonyl (C=O) groups is 2. The Morgan fingerprint density at radius 2 is 1.63 bits per heavy atom. The van der Waals surface area contributed by atoms with Gasteiger partial charge in [0.05, 0.1) is 17.2 Å². The molecule has 4 fully saturated rings. The molecule has 2 saturated heterocycles. The van der Waals surface area contributed by atoms with E-state index in [9.17, 15) is 14.4 Å². The first-order valence-electron chi connectivity index (χ1n) is 14.3. The van der Waals surface area contributed by atoms with Crippen molar-refractivity contribution >= 4 is 34.9 Å². The molecule has 2 aliphatic carbocycles. The first-order chi connectivity index (χ1) is 18.5. The van der Waals surface area contributed by atoms with E-state index in [1.165, 1.54) is 57.8 Å². The van der Waals surface area contributed by atoms with E-state index in [-0.39, 0.29) is 17.4 Å². The van der Waals surface area contributed by atoms with Crippen molar-refractivity contribution in [2.24, 2.45) is 16.8 Å². The molecule has 4 bridgehead atoms. The fourth-order valence-corrected chi connectivity index (χ4v) is 8.09. The van der Waals surface area contributed by atoms with Crippen LogP contribution in [0.4, 0.5) is 5.82 Å². The summed E-state index contributed by atoms with van der Waals surface area (Å²) in [5.41, 5.74) is 1.13. The third kappa shape index (κ3) is 5.00. The number of carboxylic acids is 1. The van der Waals surface area contributed by atoms with Crippen LogP contribution >= 0.6 is 0 Å². The highest BCUT2D eigenvalue weighted by atomic mass is 16.4. The molecular weight excluding hydrogens is 482 g/mol. The zero-order chi connectivity index (χ0) is 26.2. The summed E-state index contributed by atoms with van der Waals surface area (Å²) in [5.74, 6) is -0.0465. The Bertz CT molecular complexity index is 1280. The van der Waals surface area contributed by atoms with Gasteiger partial charge in [0.15, 0.2) is 5.82 Å². The lowest BCUT2D eigenvalue weighted by Gasteiger charge is -2.55. The summed E-state index contributed by atoms with van der Waals surface area (Å²) < 4.78 is 1.87. The van der Waals surface area contributed by atoms with Crippen molar-refractivity contribution < 1.29 is 14.7 Å². The molecule has 9 nitrogen and oxygen atoms in total. The quantitative estimate of drug-likeness (QED) is 0.557. The van der Waals surface area contributed by atoms with Crippen LogP contribution in [0, 0.1) is 11.8 Å². The number of fused-ring (bicyclic) bond motifs is 5. The molecule has 2 saturated carbocycles. The molecule has 2 N–H and O–H groups in total. The predicted molar refractivity (Wildman–Crippen MR) is 146 cm³/mol. The van der Waals surface area contributed by atoms with Gasteiger partial charge in [0.1, 0.15) is 6.54 Å². The van der Waals surface area contributed by atoms with E-state index in [1.807, 2.05) is 28.8 Å². The van der Waals surface area contributed by atoms with Crippen LogP contribution in [0.1, 0.15) is 76.7 Å². The lowest BCUT2D eigenvalue weighted by atomic mass is 9.68. The van der Waals surface area contributed by atoms with Crippen LogP contribution in [0.3, 0.4) is 0 Å². The zero-order valence-corrected chi connectivity index (χ0v) is 21.8. The summed E-state index contributed by atoms with van der Waals surface area (Å²) in [6.45, 7) is -0.507. The number of rotatable bonds is 6. The van der Waals surface area contributed by atoms with Crippen molar-refractivity contribution in [2.45, 2.75) is 94.8 Å². The number of nitrogens with one attached hydrogen (secondary N) is 1. The first-order valence-corrected chi connectivity index (χ1v) is 14.3. The third-order valence-electron chi connectivity index (χ3n) is 9.37. The van der Waals surface area contributed by atoms with Crippen LogP contribution in [0.2, 0.25) is 0 Å². The second-order valence-corrected chi connectivity index (χ2v) is 11.8. The fraction of sp³-hybridized carbons (Fsp3) is 0.621. The van der Waals surface area contributed by atoms with Crippen molar-refractivity contribution in [2.75, 3.05) is 11.9 Å². The van der Waals surface area contributed by atoms with E-state index in [2.05, 4.69) is 20.2 Å². The average molecular weight is 520 g/mol. The van der Waals surface area contributed by atoms with E-state index in [0.29, 0.717) is 23.6 Å². The van der Waals surface area contributed by atoms with E-state index < -0.39 is 18.4 Å². The molecule has 2 aromatic rings. The number of hydrogen-bond donors (Lipinski definition) is 2. The SMILES string of the molecule is O=C(O)CN=CC(=O)Nc1nc2ccccc2n(C2CC3CCC[C@H](C2)N3C2CC3CCCC(C3)C2)c1=O. The Labute approximate surface area is 222 Å². The van der Waals surface area contributed by atoms with Gasteiger partial charge in [0.25, 0.3) is 11.5 Å². The van der Waals surface area contributed by atoms with Crippen molar-refractivity contribution in [3.05, 3.63) is 34.6 Å². The van der Waals surface area contributed by atoms with Crippen LogP contribution < -0.4 is 10.9 Å². The topological polar surface area (TPSA) is 117 Å². The molecule has 5 atom stereocenters. The Hall–Kier alpha value is -3.07. The molecule has 1 amide bonds. The second kappa shape index (κ2) is 10.6. The molecule has 38 heavy (non-hydrogen) atoms. The highest BCUT2D eigenvalue weighted by Crippen LogP contribution is 2.47. The number of benzene rings is 1. The van der Waals surface area contributed by atoms with E-state index in [0.717, 1.165) is 36.4 Å². The molecule has 1 aromatic carbocycles. The molecule has 3 heterocycles. The van der Waals surface area contributed by atoms with Crippen LogP contribution in [0.5, 0.6) is 0 Å². The third-order valence-corrected chi connectivity index (χ3v) is 9.37. The summed E-state index contributed by atoms with van der Waals surface area (Å²) in [6, 6.07) is 9.29. The van der Waals surface area contributed by atoms with Gasteiger partial charge < -0.3 is 15.0 Å². The number of hydrogen-bond acceptors (Lipinski definition) is 6. The van der Waals surface area contributed by atoms with Gasteiger partial charge in [0, 0.05) is 24.2 Å². The Morgan fingerprint density at radius 3 is 2.34 bits per heavy atom. The highest BCUT2D eigenvalue weighted by Gasteiger charge is 2.45. The van der Waals surface area contributed by atoms with E-state index in [1.54, 1.807) is 0 Å². The van der Waals surface area contributed by atoms with Gasteiger partial charge >= 0.3 is 5.97 Å². The number of amides is 1. The summed E-state index contributed by atoms with van der Waals surface area (Å²) in [7, 11) is 0. The van der Waals surface area contributed by atoms with Gasteiger partial charge in [-0.25, -0.2) is 4.98 Å². The maximum atomic E-state index is 13.8. The molecule has 202 valence electrons. The maximum Gasteiger partial charge on any atom is 0.325 e. The van der Waals surface area contributed by atoms with Gasteiger partial charge in [-0.3, -0.25) is 24.3 Å². The smallest absolute Gasteiger partial charge is 0.325 e. The number of nitrogens with zero attached hydrogens (tertiary/aromatic N) is 4. The minimum Gasteiger partial charge on any atom is -0.480 e. The number of aliphatic carboxylic acids is 1. The number of carboxylic acid groups (broad SMARTS) is 1.